The lowest BCUT2D eigenvalue weighted by atomic mass is 10.2. The van der Waals surface area contributed by atoms with Crippen molar-refractivity contribution in [2.75, 3.05) is 99.0 Å². The number of benzene rings is 1. The molecule has 0 heterocycles. The van der Waals surface area contributed by atoms with E-state index in [0.717, 1.165) is 18.6 Å². The molecule has 0 aliphatic heterocycles. The maximum atomic E-state index is 11.3. The minimum atomic E-state index is -3.55. The van der Waals surface area contributed by atoms with E-state index >= 15 is 0 Å². The summed E-state index contributed by atoms with van der Waals surface area (Å²) >= 11 is 0. The minimum absolute atomic E-state index is 0. The number of aryl methyl sites for hydroxylation is 1. The lowest BCUT2D eigenvalue weighted by Crippen LogP contribution is -2.34. The molecular weight excluding hydrogens is 724 g/mol. The van der Waals surface area contributed by atoms with Gasteiger partial charge in [0.2, 0.25) is 0 Å². The zero-order valence-corrected chi connectivity index (χ0v) is 33.3. The maximum absolute atomic E-state index is 11.3. The lowest BCUT2D eigenvalue weighted by Gasteiger charge is -2.19. The Morgan fingerprint density at radius 3 is 1.27 bits per heavy atom. The van der Waals surface area contributed by atoms with Crippen molar-refractivity contribution >= 4 is 31.9 Å². The Hall–Kier alpha value is -2.28. The predicted octanol–water partition coefficient (Wildman–Crippen LogP) is 5.08. The fourth-order valence-electron chi connectivity index (χ4n) is 3.07. The van der Waals surface area contributed by atoms with Crippen LogP contribution >= 0.6 is 10.7 Å². The number of ether oxygens (including phenoxy) is 8. The topological polar surface area (TPSA) is 186 Å². The first kappa shape index (κ1) is 54.1. The van der Waals surface area contributed by atoms with Gasteiger partial charge in [-0.2, -0.15) is 0 Å². The number of aliphatic hydroxyl groups excluding tert-OH is 1. The van der Waals surface area contributed by atoms with E-state index in [1.54, 1.807) is 12.1 Å². The van der Waals surface area contributed by atoms with Crippen molar-refractivity contribution in [3.8, 4) is 0 Å². The molecule has 0 spiro atoms. The Balaban J connectivity index is -0.000000713. The molecule has 52 heavy (non-hydrogen) atoms. The zero-order valence-electron chi connectivity index (χ0n) is 31.8. The van der Waals surface area contributed by atoms with Gasteiger partial charge in [0.25, 0.3) is 9.05 Å². The standard InChI is InChI=1S/C14H29NO5.C13H27NO6.C7H7ClO2S.CH4/c1-5-7-17-9-11-19-12-10-18-8-6-15-13(16)20-14(2,3)4;1-13(2,3)20-12(16)14-4-6-17-8-10-19-11-9-18-7-5-15;1-6-2-4-7(5-3-6)11(8,9)10;/h5-12H2,1-4H3,(H,15,16);15H,4-11H2,1-3H3,(H,14,16);2-5H,1H3;1H4. The van der Waals surface area contributed by atoms with Crippen LogP contribution in [0.1, 0.15) is 67.9 Å². The number of rotatable bonds is 23. The van der Waals surface area contributed by atoms with E-state index < -0.39 is 32.4 Å². The number of carbonyl (C=O) groups excluding carboxylic acids is 2. The average molecular weight is 791 g/mol. The molecular formula is C35H67ClN2O13S. The van der Waals surface area contributed by atoms with Crippen LogP contribution < -0.4 is 10.6 Å². The van der Waals surface area contributed by atoms with Crippen molar-refractivity contribution in [2.45, 2.75) is 85.3 Å². The summed E-state index contributed by atoms with van der Waals surface area (Å²) < 4.78 is 63.0. The smallest absolute Gasteiger partial charge is 0.407 e. The zero-order chi connectivity index (χ0) is 39.0. The first-order valence-electron chi connectivity index (χ1n) is 16.9. The molecule has 0 atom stereocenters. The number of hydrogen-bond acceptors (Lipinski definition) is 13. The fourth-order valence-corrected chi connectivity index (χ4v) is 3.84. The second-order valence-corrected chi connectivity index (χ2v) is 15.1. The molecule has 1 aromatic carbocycles. The van der Waals surface area contributed by atoms with E-state index in [1.807, 2.05) is 48.5 Å². The molecule has 0 saturated carbocycles. The largest absolute Gasteiger partial charge is 0.444 e. The Morgan fingerprint density at radius 1 is 0.635 bits per heavy atom. The van der Waals surface area contributed by atoms with Gasteiger partial charge in [-0.05, 0) is 67.0 Å². The molecule has 1 rings (SSSR count). The number of halogens is 1. The van der Waals surface area contributed by atoms with E-state index in [4.69, 9.17) is 53.7 Å². The highest BCUT2D eigenvalue weighted by molar-refractivity contribution is 8.13. The molecule has 0 unspecified atom stereocenters. The molecule has 308 valence electrons. The quantitative estimate of drug-likeness (QED) is 0.0985. The second kappa shape index (κ2) is 33.3. The van der Waals surface area contributed by atoms with Gasteiger partial charge in [-0.15, -0.1) is 0 Å². The molecule has 0 bridgehead atoms. The summed E-state index contributed by atoms with van der Waals surface area (Å²) in [4.78, 5) is 22.7. The Bertz CT molecular complexity index is 1050. The van der Waals surface area contributed by atoms with Crippen LogP contribution in [0.2, 0.25) is 0 Å². The van der Waals surface area contributed by atoms with Crippen molar-refractivity contribution < 1.29 is 61.0 Å². The van der Waals surface area contributed by atoms with Crippen LogP contribution in [0.15, 0.2) is 29.2 Å². The SMILES string of the molecule is C.CC(C)(C)OC(=O)NCCOCCOCCOCCO.CCCOCCOCCOCCNC(=O)OC(C)(C)C.Cc1ccc(S(=O)(=O)Cl)cc1. The minimum Gasteiger partial charge on any atom is -0.444 e. The number of aliphatic hydroxyl groups is 1. The highest BCUT2D eigenvalue weighted by Crippen LogP contribution is 2.14. The van der Waals surface area contributed by atoms with E-state index in [9.17, 15) is 18.0 Å². The maximum Gasteiger partial charge on any atom is 0.407 e. The van der Waals surface area contributed by atoms with Crippen LogP contribution in [0.3, 0.4) is 0 Å². The number of amides is 2. The highest BCUT2D eigenvalue weighted by Gasteiger charge is 2.16. The molecule has 1 aromatic rings. The summed E-state index contributed by atoms with van der Waals surface area (Å²) in [5, 5.41) is 13.7. The van der Waals surface area contributed by atoms with Crippen LogP contribution in [0, 0.1) is 6.92 Å². The van der Waals surface area contributed by atoms with Crippen LogP contribution in [-0.4, -0.2) is 136 Å². The average Bonchev–Trinajstić information content (AvgIpc) is 3.01. The summed E-state index contributed by atoms with van der Waals surface area (Å²) in [6, 6.07) is 6.37. The lowest BCUT2D eigenvalue weighted by molar-refractivity contribution is 0.00749. The summed E-state index contributed by atoms with van der Waals surface area (Å²) in [7, 11) is 1.54. The third-order valence-electron chi connectivity index (χ3n) is 5.20. The van der Waals surface area contributed by atoms with E-state index in [0.29, 0.717) is 85.8 Å². The van der Waals surface area contributed by atoms with Gasteiger partial charge in [0.15, 0.2) is 0 Å². The van der Waals surface area contributed by atoms with Gasteiger partial charge in [0.05, 0.1) is 84.2 Å². The molecule has 17 heteroatoms. The number of hydrogen-bond donors (Lipinski definition) is 3. The van der Waals surface area contributed by atoms with Crippen LogP contribution in [0.4, 0.5) is 9.59 Å². The van der Waals surface area contributed by atoms with Crippen LogP contribution in [0.5, 0.6) is 0 Å². The molecule has 0 aliphatic rings. The first-order chi connectivity index (χ1) is 23.9. The molecule has 3 N–H and O–H groups in total. The van der Waals surface area contributed by atoms with Crippen LogP contribution in [0.25, 0.3) is 0 Å². The van der Waals surface area contributed by atoms with Crippen molar-refractivity contribution in [1.29, 1.82) is 0 Å². The monoisotopic (exact) mass is 790 g/mol. The number of carbonyl (C=O) groups is 2. The van der Waals surface area contributed by atoms with E-state index in [2.05, 4.69) is 17.6 Å². The predicted molar refractivity (Wildman–Crippen MR) is 202 cm³/mol. The van der Waals surface area contributed by atoms with Gasteiger partial charge < -0.3 is 53.6 Å². The third kappa shape index (κ3) is 42.1. The number of nitrogens with one attached hydrogen (secondary N) is 2. The summed E-state index contributed by atoms with van der Waals surface area (Å²) in [6.07, 6.45) is 0.150. The Kier molecular flexibility index (Phi) is 34.6. The fraction of sp³-hybridized carbons (Fsp3) is 0.771. The molecule has 0 aliphatic carbocycles. The first-order valence-corrected chi connectivity index (χ1v) is 19.2. The summed E-state index contributed by atoms with van der Waals surface area (Å²) in [5.74, 6) is 0. The van der Waals surface area contributed by atoms with Crippen molar-refractivity contribution in [3.63, 3.8) is 0 Å². The number of alkyl carbamates (subject to hydrolysis) is 2. The van der Waals surface area contributed by atoms with Gasteiger partial charge in [-0.25, -0.2) is 18.0 Å². The third-order valence-corrected chi connectivity index (χ3v) is 6.57. The van der Waals surface area contributed by atoms with Crippen molar-refractivity contribution in [1.82, 2.24) is 10.6 Å². The molecule has 0 aromatic heterocycles. The second-order valence-electron chi connectivity index (χ2n) is 12.5. The van der Waals surface area contributed by atoms with Crippen LogP contribution in [-0.2, 0) is 46.9 Å². The summed E-state index contributed by atoms with van der Waals surface area (Å²) in [5.41, 5.74) is 0.0456. The molecule has 2 amide bonds. The Labute approximate surface area is 317 Å². The molecule has 0 saturated heterocycles. The Morgan fingerprint density at radius 2 is 0.962 bits per heavy atom. The van der Waals surface area contributed by atoms with Gasteiger partial charge in [0, 0.05) is 30.4 Å². The normalized spacial score (nSPS) is 11.2. The van der Waals surface area contributed by atoms with Gasteiger partial charge in [0.1, 0.15) is 11.2 Å². The van der Waals surface area contributed by atoms with Gasteiger partial charge >= 0.3 is 12.2 Å². The van der Waals surface area contributed by atoms with Gasteiger partial charge in [-0.1, -0.05) is 32.0 Å². The van der Waals surface area contributed by atoms with Crippen molar-refractivity contribution in [3.05, 3.63) is 29.8 Å². The van der Waals surface area contributed by atoms with E-state index in [-0.39, 0.29) is 18.9 Å². The van der Waals surface area contributed by atoms with Gasteiger partial charge in [-0.3, -0.25) is 0 Å². The highest BCUT2D eigenvalue weighted by atomic mass is 35.7. The van der Waals surface area contributed by atoms with E-state index in [1.165, 1.54) is 12.1 Å². The summed E-state index contributed by atoms with van der Waals surface area (Å²) in [6.45, 7) is 21.7. The molecule has 15 nitrogen and oxygen atoms in total. The molecule has 0 radical (unpaired) electrons. The van der Waals surface area contributed by atoms with Crippen molar-refractivity contribution in [2.24, 2.45) is 0 Å². The molecule has 0 fully saturated rings.